The van der Waals surface area contributed by atoms with Crippen molar-refractivity contribution in [3.05, 3.63) is 84.4 Å². The van der Waals surface area contributed by atoms with E-state index >= 15 is 0 Å². The molecule has 1 fully saturated rings. The topological polar surface area (TPSA) is 76.0 Å². The van der Waals surface area contributed by atoms with Gasteiger partial charge in [0, 0.05) is 36.1 Å². The van der Waals surface area contributed by atoms with Gasteiger partial charge in [-0.15, -0.1) is 10.6 Å². The predicted molar refractivity (Wildman–Crippen MR) is 131 cm³/mol. The number of hydrogen-bond acceptors (Lipinski definition) is 5. The van der Waals surface area contributed by atoms with Crippen molar-refractivity contribution >= 4 is 27.9 Å². The molecular weight excluding hydrogens is 422 g/mol. The summed E-state index contributed by atoms with van der Waals surface area (Å²) in [5.74, 6) is -0.241. The van der Waals surface area contributed by atoms with Crippen LogP contribution in [0.5, 0.6) is 0 Å². The summed E-state index contributed by atoms with van der Waals surface area (Å²) >= 11 is 0. The van der Waals surface area contributed by atoms with Gasteiger partial charge >= 0.3 is 0 Å². The Bertz CT molecular complexity index is 1050. The van der Waals surface area contributed by atoms with Gasteiger partial charge in [-0.1, -0.05) is 18.2 Å². The highest BCUT2D eigenvalue weighted by Crippen LogP contribution is 2.55. The fourth-order valence-corrected chi connectivity index (χ4v) is 5.22. The third-order valence-electron chi connectivity index (χ3n) is 5.90. The molecule has 0 spiro atoms. The standard InChI is InChI=1S/C25H29N3O3S/c1-27(2)22-16-17-28(18-22)21-12-10-20(11-13-21)26-25(29)19-8-14-24(15-9-19)32(30,31)23-6-4-3-5-7-23/h3-15,22,30-31H,16-18H2,1-2H3,(H,26,29). The van der Waals surface area contributed by atoms with Gasteiger partial charge in [0.25, 0.3) is 5.91 Å². The van der Waals surface area contributed by atoms with Crippen molar-refractivity contribution in [2.75, 3.05) is 37.4 Å². The van der Waals surface area contributed by atoms with E-state index in [2.05, 4.69) is 29.2 Å². The second kappa shape index (κ2) is 9.34. The molecule has 3 N–H and O–H groups in total. The van der Waals surface area contributed by atoms with E-state index in [-0.39, 0.29) is 5.91 Å². The van der Waals surface area contributed by atoms with Crippen molar-refractivity contribution in [3.63, 3.8) is 0 Å². The summed E-state index contributed by atoms with van der Waals surface area (Å²) in [7, 11) is 1.13. The van der Waals surface area contributed by atoms with Crippen LogP contribution >= 0.6 is 10.6 Å². The number of carbonyl (C=O) groups excluding carboxylic acids is 1. The molecule has 1 amide bonds. The number of nitrogens with one attached hydrogen (secondary N) is 1. The molecule has 0 aromatic heterocycles. The van der Waals surface area contributed by atoms with E-state index < -0.39 is 10.6 Å². The van der Waals surface area contributed by atoms with Crippen molar-refractivity contribution in [2.24, 2.45) is 0 Å². The van der Waals surface area contributed by atoms with E-state index in [1.165, 1.54) is 0 Å². The first-order chi connectivity index (χ1) is 15.3. The predicted octanol–water partition coefficient (Wildman–Crippen LogP) is 5.25. The van der Waals surface area contributed by atoms with Crippen molar-refractivity contribution in [3.8, 4) is 0 Å². The molecule has 0 aliphatic carbocycles. The van der Waals surface area contributed by atoms with Gasteiger partial charge in [0.15, 0.2) is 0 Å². The lowest BCUT2D eigenvalue weighted by molar-refractivity contribution is 0.102. The number of nitrogens with zero attached hydrogens (tertiary/aromatic N) is 2. The Morgan fingerprint density at radius 3 is 2.16 bits per heavy atom. The Kier molecular flexibility index (Phi) is 6.53. The summed E-state index contributed by atoms with van der Waals surface area (Å²) < 4.78 is 21.2. The van der Waals surface area contributed by atoms with E-state index in [4.69, 9.17) is 0 Å². The number of benzene rings is 3. The van der Waals surface area contributed by atoms with Crippen LogP contribution in [0.2, 0.25) is 0 Å². The van der Waals surface area contributed by atoms with Gasteiger partial charge in [0.2, 0.25) is 0 Å². The number of anilines is 2. The molecule has 6 nitrogen and oxygen atoms in total. The number of amides is 1. The zero-order valence-electron chi connectivity index (χ0n) is 18.3. The first-order valence-electron chi connectivity index (χ1n) is 10.6. The minimum atomic E-state index is -3.10. The highest BCUT2D eigenvalue weighted by Gasteiger charge is 2.24. The molecule has 1 saturated heterocycles. The molecule has 3 aromatic carbocycles. The fourth-order valence-electron chi connectivity index (χ4n) is 3.90. The van der Waals surface area contributed by atoms with Gasteiger partial charge in [-0.3, -0.25) is 13.9 Å². The maximum Gasteiger partial charge on any atom is 0.255 e. The molecule has 7 heteroatoms. The molecular formula is C25H29N3O3S. The molecule has 1 atom stereocenters. The van der Waals surface area contributed by atoms with E-state index in [0.29, 0.717) is 21.4 Å². The maximum atomic E-state index is 12.7. The quantitative estimate of drug-likeness (QED) is 0.477. The Hall–Kier alpha value is -2.84. The van der Waals surface area contributed by atoms with E-state index in [1.807, 2.05) is 30.3 Å². The minimum absolute atomic E-state index is 0.241. The summed E-state index contributed by atoms with van der Waals surface area (Å²) in [5, 5.41) is 2.91. The van der Waals surface area contributed by atoms with Crippen molar-refractivity contribution in [1.29, 1.82) is 0 Å². The van der Waals surface area contributed by atoms with Crippen LogP contribution in [0.25, 0.3) is 0 Å². The Morgan fingerprint density at radius 2 is 1.56 bits per heavy atom. The van der Waals surface area contributed by atoms with Gasteiger partial charge in [0.1, 0.15) is 0 Å². The number of carbonyl (C=O) groups is 1. The average molecular weight is 452 g/mol. The second-order valence-corrected chi connectivity index (χ2v) is 10.3. The Balaban J connectivity index is 1.40. The number of hydrogen-bond donors (Lipinski definition) is 3. The van der Waals surface area contributed by atoms with Crippen LogP contribution in [-0.4, -0.2) is 53.1 Å². The van der Waals surface area contributed by atoms with Crippen molar-refractivity contribution in [2.45, 2.75) is 22.3 Å². The molecule has 1 aliphatic rings. The molecule has 32 heavy (non-hydrogen) atoms. The third-order valence-corrected chi connectivity index (χ3v) is 7.76. The van der Waals surface area contributed by atoms with Crippen LogP contribution in [0.3, 0.4) is 0 Å². The van der Waals surface area contributed by atoms with E-state index in [9.17, 15) is 13.9 Å². The molecule has 3 aromatic rings. The molecule has 4 rings (SSSR count). The summed E-state index contributed by atoms with van der Waals surface area (Å²) in [5.41, 5.74) is 2.33. The molecule has 1 heterocycles. The van der Waals surface area contributed by atoms with Crippen LogP contribution in [0.1, 0.15) is 16.8 Å². The second-order valence-electron chi connectivity index (χ2n) is 8.24. The van der Waals surface area contributed by atoms with Crippen LogP contribution in [0.4, 0.5) is 11.4 Å². The van der Waals surface area contributed by atoms with Gasteiger partial charge < -0.3 is 15.1 Å². The van der Waals surface area contributed by atoms with Crippen molar-refractivity contribution < 1.29 is 13.9 Å². The summed E-state index contributed by atoms with van der Waals surface area (Å²) in [6, 6.07) is 23.6. The Morgan fingerprint density at radius 1 is 0.938 bits per heavy atom. The number of rotatable bonds is 6. The van der Waals surface area contributed by atoms with E-state index in [1.54, 1.807) is 48.5 Å². The smallest absolute Gasteiger partial charge is 0.255 e. The fraction of sp³-hybridized carbons (Fsp3) is 0.240. The lowest BCUT2D eigenvalue weighted by atomic mass is 10.2. The van der Waals surface area contributed by atoms with Crippen molar-refractivity contribution in [1.82, 2.24) is 4.90 Å². The normalized spacial score (nSPS) is 16.9. The van der Waals surface area contributed by atoms with Gasteiger partial charge in [0.05, 0.1) is 9.79 Å². The summed E-state index contributed by atoms with van der Waals surface area (Å²) in [6.45, 7) is 2.04. The van der Waals surface area contributed by atoms with Gasteiger partial charge in [-0.2, -0.15) is 0 Å². The van der Waals surface area contributed by atoms with Gasteiger partial charge in [-0.25, -0.2) is 0 Å². The maximum absolute atomic E-state index is 12.7. The highest BCUT2D eigenvalue weighted by molar-refractivity contribution is 8.24. The van der Waals surface area contributed by atoms with Crippen LogP contribution in [0, 0.1) is 0 Å². The molecule has 1 aliphatic heterocycles. The van der Waals surface area contributed by atoms with Crippen LogP contribution in [-0.2, 0) is 0 Å². The minimum Gasteiger partial charge on any atom is -0.370 e. The molecule has 1 unspecified atom stereocenters. The zero-order valence-corrected chi connectivity index (χ0v) is 19.1. The molecule has 0 bridgehead atoms. The first-order valence-corrected chi connectivity index (χ1v) is 12.2. The summed E-state index contributed by atoms with van der Waals surface area (Å²) in [6.07, 6.45) is 1.15. The highest BCUT2D eigenvalue weighted by atomic mass is 32.3. The largest absolute Gasteiger partial charge is 0.370 e. The zero-order chi connectivity index (χ0) is 22.7. The lowest BCUT2D eigenvalue weighted by Crippen LogP contribution is -2.31. The van der Waals surface area contributed by atoms with E-state index in [0.717, 1.165) is 30.9 Å². The average Bonchev–Trinajstić information content (AvgIpc) is 3.31. The van der Waals surface area contributed by atoms with Crippen LogP contribution < -0.4 is 10.2 Å². The monoisotopic (exact) mass is 451 g/mol. The lowest BCUT2D eigenvalue weighted by Gasteiger charge is -2.32. The number of likely N-dealkylation sites (N-methyl/N-ethyl adjacent to an activating group) is 1. The van der Waals surface area contributed by atoms with Gasteiger partial charge in [-0.05, 0) is 81.2 Å². The van der Waals surface area contributed by atoms with Crippen LogP contribution in [0.15, 0.2) is 88.7 Å². The molecule has 0 saturated carbocycles. The molecule has 0 radical (unpaired) electrons. The SMILES string of the molecule is CN(C)C1CCN(c2ccc(NC(=O)c3ccc(S(O)(O)c4ccccc4)cc3)cc2)C1. The first kappa shape index (κ1) is 22.4. The summed E-state index contributed by atoms with van der Waals surface area (Å²) in [4.78, 5) is 18.1. The third kappa shape index (κ3) is 4.81. The Labute approximate surface area is 190 Å². The molecule has 168 valence electrons.